The molecule has 2 aliphatic heterocycles. The number of piperidine rings is 1. The third-order valence-electron chi connectivity index (χ3n) is 11.2. The number of ether oxygens (including phenoxy) is 3. The molecule has 4 fully saturated rings. The number of nitrogens with zero attached hydrogens (tertiary/aromatic N) is 1. The van der Waals surface area contributed by atoms with Crippen LogP contribution in [0.4, 0.5) is 0 Å². The van der Waals surface area contributed by atoms with Crippen LogP contribution in [-0.4, -0.2) is 60.0 Å². The van der Waals surface area contributed by atoms with E-state index in [0.29, 0.717) is 0 Å². The van der Waals surface area contributed by atoms with Crippen molar-refractivity contribution in [2.45, 2.75) is 95.5 Å². The molecule has 2 heterocycles. The van der Waals surface area contributed by atoms with Crippen molar-refractivity contribution in [1.82, 2.24) is 4.90 Å². The van der Waals surface area contributed by atoms with E-state index in [0.717, 1.165) is 50.1 Å². The van der Waals surface area contributed by atoms with Crippen molar-refractivity contribution < 1.29 is 24.1 Å². The van der Waals surface area contributed by atoms with E-state index in [9.17, 15) is 9.90 Å². The van der Waals surface area contributed by atoms with Crippen LogP contribution in [0.2, 0.25) is 0 Å². The Morgan fingerprint density at radius 1 is 1.18 bits per heavy atom. The Morgan fingerprint density at radius 3 is 2.53 bits per heavy atom. The zero-order valence-corrected chi connectivity index (χ0v) is 21.7. The molecule has 4 bridgehead atoms. The lowest BCUT2D eigenvalue weighted by Crippen LogP contribution is -2.83. The Bertz CT molecular complexity index is 1080. The molecule has 0 aromatic heterocycles. The van der Waals surface area contributed by atoms with Gasteiger partial charge in [0, 0.05) is 48.9 Å². The molecule has 1 amide bonds. The first-order valence-electron chi connectivity index (χ1n) is 12.8. The minimum absolute atomic E-state index is 0.102. The van der Waals surface area contributed by atoms with Gasteiger partial charge in [-0.05, 0) is 56.1 Å². The number of carbonyl (C=O) groups is 1. The first kappa shape index (κ1) is 22.7. The van der Waals surface area contributed by atoms with Crippen molar-refractivity contribution in [1.29, 1.82) is 0 Å². The first-order valence-corrected chi connectivity index (χ1v) is 12.8. The molecule has 1 N–H and O–H groups in total. The van der Waals surface area contributed by atoms with E-state index in [1.165, 1.54) is 11.1 Å². The molecule has 6 heteroatoms. The lowest BCUT2D eigenvalue weighted by atomic mass is 9.33. The van der Waals surface area contributed by atoms with Gasteiger partial charge in [-0.1, -0.05) is 26.8 Å². The van der Waals surface area contributed by atoms with Crippen molar-refractivity contribution in [2.75, 3.05) is 20.8 Å². The van der Waals surface area contributed by atoms with Crippen molar-refractivity contribution in [3.8, 4) is 11.5 Å². The highest BCUT2D eigenvalue weighted by Crippen LogP contribution is 2.78. The molecule has 1 unspecified atom stereocenters. The fourth-order valence-corrected chi connectivity index (χ4v) is 9.16. The third-order valence-corrected chi connectivity index (χ3v) is 11.2. The van der Waals surface area contributed by atoms with E-state index in [4.69, 9.17) is 14.2 Å². The highest BCUT2D eigenvalue weighted by atomic mass is 16.6. The minimum atomic E-state index is -0.976. The van der Waals surface area contributed by atoms with Crippen molar-refractivity contribution >= 4 is 5.91 Å². The number of hydrogen-bond donors (Lipinski definition) is 1. The van der Waals surface area contributed by atoms with Crippen LogP contribution in [0.5, 0.6) is 11.5 Å². The normalized spacial score (nSPS) is 40.9. The van der Waals surface area contributed by atoms with Gasteiger partial charge in [-0.3, -0.25) is 4.79 Å². The maximum Gasteiger partial charge on any atom is 0.219 e. The number of aliphatic hydroxyl groups is 1. The summed E-state index contributed by atoms with van der Waals surface area (Å²) in [7, 11) is 3.51. The molecule has 1 saturated heterocycles. The highest BCUT2D eigenvalue weighted by molar-refractivity contribution is 5.75. The molecule has 6 aliphatic rings. The van der Waals surface area contributed by atoms with Crippen LogP contribution in [0.3, 0.4) is 0 Å². The number of rotatable bonds is 3. The van der Waals surface area contributed by atoms with Gasteiger partial charge in [0.15, 0.2) is 11.5 Å². The van der Waals surface area contributed by atoms with E-state index in [1.54, 1.807) is 21.1 Å². The quantitative estimate of drug-likeness (QED) is 0.728. The van der Waals surface area contributed by atoms with Gasteiger partial charge in [-0.25, -0.2) is 0 Å². The van der Waals surface area contributed by atoms with Crippen molar-refractivity contribution in [3.63, 3.8) is 0 Å². The maximum absolute atomic E-state index is 12.9. The molecule has 7 atom stereocenters. The average molecular weight is 470 g/mol. The monoisotopic (exact) mass is 469 g/mol. The summed E-state index contributed by atoms with van der Waals surface area (Å²) in [6, 6.07) is 4.29. The number of carbonyl (C=O) groups excluding carboxylic acids is 1. The summed E-state index contributed by atoms with van der Waals surface area (Å²) in [5.41, 5.74) is 0.245. The Kier molecular flexibility index (Phi) is 4.33. The Morgan fingerprint density at radius 2 is 1.91 bits per heavy atom. The zero-order valence-electron chi connectivity index (χ0n) is 21.7. The summed E-state index contributed by atoms with van der Waals surface area (Å²) in [6.45, 7) is 10.8. The van der Waals surface area contributed by atoms with Crippen LogP contribution in [0.15, 0.2) is 12.1 Å². The van der Waals surface area contributed by atoms with Crippen molar-refractivity contribution in [2.24, 2.45) is 16.7 Å². The van der Waals surface area contributed by atoms with Gasteiger partial charge in [0.1, 0.15) is 11.7 Å². The number of likely N-dealkylation sites (tertiary alicyclic amines) is 1. The number of amides is 1. The van der Waals surface area contributed by atoms with Crippen molar-refractivity contribution in [3.05, 3.63) is 23.3 Å². The van der Waals surface area contributed by atoms with Gasteiger partial charge in [-0.2, -0.15) is 0 Å². The molecule has 186 valence electrons. The van der Waals surface area contributed by atoms with E-state index < -0.39 is 11.2 Å². The topological polar surface area (TPSA) is 68.2 Å². The second-order valence-corrected chi connectivity index (χ2v) is 12.8. The lowest BCUT2D eigenvalue weighted by Gasteiger charge is -2.75. The molecule has 2 spiro atoms. The van der Waals surface area contributed by atoms with Gasteiger partial charge in [-0.15, -0.1) is 0 Å². The van der Waals surface area contributed by atoms with Gasteiger partial charge in [0.25, 0.3) is 0 Å². The minimum Gasteiger partial charge on any atom is -0.493 e. The third kappa shape index (κ3) is 2.20. The van der Waals surface area contributed by atoms with E-state index in [-0.39, 0.29) is 40.2 Å². The first-order chi connectivity index (χ1) is 15.9. The number of benzene rings is 1. The molecule has 4 aliphatic carbocycles. The molecule has 6 nitrogen and oxygen atoms in total. The standard InChI is InChI=1S/C28H39NO5/c1-16(30)29-13-12-27-21-17-8-9-18(32-6)22(21)34-23(27)28(33-7)11-10-26(27,20(29)14-17)15-19(28)25(5,31)24(2,3)4/h8-9,19-20,23,31H,10-15H2,1-7H3/t19?,20-,23-,25+,26-,27+,28-/m1/s1. The molecule has 34 heavy (non-hydrogen) atoms. The fraction of sp³-hybridized carbons (Fsp3) is 0.750. The highest BCUT2D eigenvalue weighted by Gasteiger charge is 2.82. The van der Waals surface area contributed by atoms with Gasteiger partial charge >= 0.3 is 0 Å². The summed E-state index contributed by atoms with van der Waals surface area (Å²) >= 11 is 0. The Hall–Kier alpha value is -1.79. The van der Waals surface area contributed by atoms with Gasteiger partial charge in [0.2, 0.25) is 5.91 Å². The van der Waals surface area contributed by atoms with Crippen LogP contribution < -0.4 is 9.47 Å². The second-order valence-electron chi connectivity index (χ2n) is 12.8. The molecule has 0 radical (unpaired) electrons. The lowest BCUT2D eigenvalue weighted by molar-refractivity contribution is -0.310. The maximum atomic E-state index is 12.9. The summed E-state index contributed by atoms with van der Waals surface area (Å²) < 4.78 is 19.3. The predicted octanol–water partition coefficient (Wildman–Crippen LogP) is 3.85. The zero-order chi connectivity index (χ0) is 24.5. The van der Waals surface area contributed by atoms with Crippen LogP contribution in [-0.2, 0) is 21.4 Å². The molecule has 1 aromatic rings. The fourth-order valence-electron chi connectivity index (χ4n) is 9.16. The SMILES string of the molecule is COc1ccc2c3c1O[C@@H]1[C@]34CCN(C(C)=O)[C@H](C2)[C@]42CC[C@@]1(OC)C([C@](C)(O)C(C)(C)C)C2. The van der Waals surface area contributed by atoms with E-state index in [1.807, 2.05) is 13.0 Å². The average Bonchev–Trinajstić information content (AvgIpc) is 3.14. The number of hydrogen-bond acceptors (Lipinski definition) is 5. The summed E-state index contributed by atoms with van der Waals surface area (Å²) in [4.78, 5) is 15.0. The molecule has 1 aromatic carbocycles. The van der Waals surface area contributed by atoms with Crippen LogP contribution in [0.1, 0.15) is 71.4 Å². The Balaban J connectivity index is 1.66. The van der Waals surface area contributed by atoms with Crippen LogP contribution in [0, 0.1) is 16.7 Å². The molecule has 7 rings (SSSR count). The van der Waals surface area contributed by atoms with E-state index >= 15 is 0 Å². The predicted molar refractivity (Wildman–Crippen MR) is 128 cm³/mol. The van der Waals surface area contributed by atoms with Gasteiger partial charge < -0.3 is 24.2 Å². The van der Waals surface area contributed by atoms with Gasteiger partial charge in [0.05, 0.1) is 12.7 Å². The number of fused-ring (bicyclic) bond motifs is 2. The van der Waals surface area contributed by atoms with E-state index in [2.05, 4.69) is 31.7 Å². The largest absolute Gasteiger partial charge is 0.493 e. The summed E-state index contributed by atoms with van der Waals surface area (Å²) in [6.07, 6.45) is 4.09. The molecule has 3 saturated carbocycles. The van der Waals surface area contributed by atoms with Crippen LogP contribution >= 0.6 is 0 Å². The molecular weight excluding hydrogens is 430 g/mol. The summed E-state index contributed by atoms with van der Waals surface area (Å²) in [5.74, 6) is 1.67. The smallest absolute Gasteiger partial charge is 0.219 e. The Labute approximate surface area is 202 Å². The second kappa shape index (κ2) is 6.50. The summed E-state index contributed by atoms with van der Waals surface area (Å²) in [5, 5.41) is 12.2. The van der Waals surface area contributed by atoms with Crippen LogP contribution in [0.25, 0.3) is 0 Å². The molecular formula is C28H39NO5. The number of methoxy groups -OCH3 is 2.